The van der Waals surface area contributed by atoms with Gasteiger partial charge in [-0.3, -0.25) is 9.59 Å². The number of carbonyl (C=O) groups excluding carboxylic acids is 3. The number of benzene rings is 2. The Balaban J connectivity index is 1.37. The van der Waals surface area contributed by atoms with Crippen molar-refractivity contribution in [2.75, 3.05) is 12.4 Å². The van der Waals surface area contributed by atoms with Crippen LogP contribution in [-0.2, 0) is 30.5 Å². The molecule has 2 aromatic carbocycles. The predicted octanol–water partition coefficient (Wildman–Crippen LogP) is 2.44. The Morgan fingerprint density at radius 1 is 1.10 bits per heavy atom. The highest BCUT2D eigenvalue weighted by Crippen LogP contribution is 2.54. The van der Waals surface area contributed by atoms with Gasteiger partial charge in [-0.25, -0.2) is 4.79 Å². The fourth-order valence-electron chi connectivity index (χ4n) is 3.90. The third-order valence-corrected chi connectivity index (χ3v) is 6.90. The van der Waals surface area contributed by atoms with E-state index in [1.54, 1.807) is 16.7 Å². The number of hydrogen-bond donors (Lipinski definition) is 1. The molecular weight excluding hydrogens is 388 g/mol. The lowest BCUT2D eigenvalue weighted by molar-refractivity contribution is -0.156. The summed E-state index contributed by atoms with van der Waals surface area (Å²) < 4.78 is 5.26. The molecular formula is C22H22N2O4S. The quantitative estimate of drug-likeness (QED) is 0.741. The lowest BCUT2D eigenvalue weighted by Crippen LogP contribution is -2.47. The van der Waals surface area contributed by atoms with Gasteiger partial charge in [0, 0.05) is 18.7 Å². The summed E-state index contributed by atoms with van der Waals surface area (Å²) in [5.41, 5.74) is 1.99. The third-order valence-electron chi connectivity index (χ3n) is 5.30. The van der Waals surface area contributed by atoms with Gasteiger partial charge in [0.15, 0.2) is 6.61 Å². The number of nitrogens with one attached hydrogen (secondary N) is 1. The van der Waals surface area contributed by atoms with Gasteiger partial charge in [0.25, 0.3) is 5.91 Å². The Morgan fingerprint density at radius 2 is 1.79 bits per heavy atom. The van der Waals surface area contributed by atoms with E-state index >= 15 is 0 Å². The van der Waals surface area contributed by atoms with E-state index in [0.717, 1.165) is 11.1 Å². The second kappa shape index (κ2) is 8.29. The number of hydrogen-bond acceptors (Lipinski definition) is 5. The largest absolute Gasteiger partial charge is 0.454 e. The topological polar surface area (TPSA) is 75.7 Å². The van der Waals surface area contributed by atoms with E-state index in [2.05, 4.69) is 5.32 Å². The van der Waals surface area contributed by atoms with Crippen molar-refractivity contribution in [3.8, 4) is 0 Å². The van der Waals surface area contributed by atoms with Crippen LogP contribution in [0.25, 0.3) is 0 Å². The second-order valence-corrected chi connectivity index (χ2v) is 8.41. The van der Waals surface area contributed by atoms with E-state index in [1.807, 2.05) is 60.7 Å². The maximum Gasteiger partial charge on any atom is 0.330 e. The Bertz CT molecular complexity index is 906. The van der Waals surface area contributed by atoms with E-state index < -0.39 is 16.9 Å². The molecule has 6 nitrogen and oxygen atoms in total. The molecule has 2 aromatic rings. The molecule has 2 saturated heterocycles. The standard InChI is InChI=1S/C22H22N2O4S/c25-19(23-13-16-7-3-1-4-8-16)14-28-21(27)18-15-29-22(12-11-20(26)24(18)22)17-9-5-2-6-10-17/h1-10,18H,11-15H2,(H,23,25)/t18-,22+/m1/s1. The molecule has 4 rings (SSSR count). The smallest absolute Gasteiger partial charge is 0.330 e. The second-order valence-electron chi connectivity index (χ2n) is 7.11. The number of fused-ring (bicyclic) bond motifs is 1. The van der Waals surface area contributed by atoms with Gasteiger partial charge in [-0.1, -0.05) is 60.7 Å². The van der Waals surface area contributed by atoms with Crippen molar-refractivity contribution < 1.29 is 19.1 Å². The molecule has 0 aromatic heterocycles. The molecule has 0 saturated carbocycles. The Hall–Kier alpha value is -2.80. The summed E-state index contributed by atoms with van der Waals surface area (Å²) in [5, 5.41) is 2.73. The molecule has 0 bridgehead atoms. The number of ether oxygens (including phenoxy) is 1. The minimum absolute atomic E-state index is 0.0469. The van der Waals surface area contributed by atoms with Gasteiger partial charge < -0.3 is 15.0 Å². The molecule has 150 valence electrons. The first-order valence-corrected chi connectivity index (χ1v) is 10.6. The van der Waals surface area contributed by atoms with Gasteiger partial charge in [-0.05, 0) is 17.5 Å². The lowest BCUT2D eigenvalue weighted by atomic mass is 10.0. The first-order chi connectivity index (χ1) is 14.1. The fourth-order valence-corrected chi connectivity index (χ4v) is 5.53. The van der Waals surface area contributed by atoms with Crippen LogP contribution in [0.15, 0.2) is 60.7 Å². The minimum atomic E-state index is -0.669. The van der Waals surface area contributed by atoms with Crippen LogP contribution < -0.4 is 5.32 Å². The Kier molecular flexibility index (Phi) is 5.58. The molecule has 7 heteroatoms. The average molecular weight is 410 g/mol. The molecule has 0 radical (unpaired) electrons. The van der Waals surface area contributed by atoms with E-state index in [9.17, 15) is 14.4 Å². The number of amides is 2. The summed E-state index contributed by atoms with van der Waals surface area (Å²) in [6.45, 7) is 0.0193. The molecule has 2 amide bonds. The van der Waals surface area contributed by atoms with Crippen LogP contribution in [-0.4, -0.2) is 41.1 Å². The zero-order valence-electron chi connectivity index (χ0n) is 15.9. The van der Waals surface area contributed by atoms with E-state index in [1.165, 1.54) is 0 Å². The first kappa shape index (κ1) is 19.5. The number of esters is 1. The van der Waals surface area contributed by atoms with Gasteiger partial charge in [-0.2, -0.15) is 0 Å². The van der Waals surface area contributed by atoms with Crippen molar-refractivity contribution in [1.29, 1.82) is 0 Å². The average Bonchev–Trinajstić information content (AvgIpc) is 3.31. The van der Waals surface area contributed by atoms with E-state index in [0.29, 0.717) is 25.1 Å². The minimum Gasteiger partial charge on any atom is -0.454 e. The van der Waals surface area contributed by atoms with Crippen molar-refractivity contribution in [3.05, 3.63) is 71.8 Å². The molecule has 2 fully saturated rings. The number of nitrogens with zero attached hydrogens (tertiary/aromatic N) is 1. The van der Waals surface area contributed by atoms with E-state index in [-0.39, 0.29) is 18.4 Å². The third kappa shape index (κ3) is 3.87. The summed E-state index contributed by atoms with van der Waals surface area (Å²) in [4.78, 5) is 38.4. The van der Waals surface area contributed by atoms with Crippen molar-refractivity contribution in [2.24, 2.45) is 0 Å². The molecule has 2 atom stereocenters. The number of rotatable bonds is 6. The van der Waals surface area contributed by atoms with E-state index in [4.69, 9.17) is 4.74 Å². The maximum absolute atomic E-state index is 12.7. The van der Waals surface area contributed by atoms with Crippen LogP contribution >= 0.6 is 11.8 Å². The first-order valence-electron chi connectivity index (χ1n) is 9.59. The normalized spacial score (nSPS) is 23.0. The Morgan fingerprint density at radius 3 is 2.52 bits per heavy atom. The summed E-state index contributed by atoms with van der Waals surface area (Å²) >= 11 is 1.60. The SMILES string of the molecule is O=C(COC(=O)[C@H]1CS[C@]2(c3ccccc3)CCC(=O)N12)NCc1ccccc1. The Labute approximate surface area is 173 Å². The fraction of sp³-hybridized carbons (Fsp3) is 0.318. The molecule has 2 aliphatic heterocycles. The van der Waals surface area contributed by atoms with Crippen molar-refractivity contribution in [2.45, 2.75) is 30.3 Å². The summed E-state index contributed by atoms with van der Waals surface area (Å²) in [6, 6.07) is 18.6. The molecule has 0 aliphatic carbocycles. The van der Waals surface area contributed by atoms with Gasteiger partial charge in [0.1, 0.15) is 10.9 Å². The lowest BCUT2D eigenvalue weighted by Gasteiger charge is -2.33. The van der Waals surface area contributed by atoms with Crippen LogP contribution in [0.1, 0.15) is 24.0 Å². The number of thioether (sulfide) groups is 1. The van der Waals surface area contributed by atoms with Crippen LogP contribution in [0.2, 0.25) is 0 Å². The highest BCUT2D eigenvalue weighted by molar-refractivity contribution is 8.00. The molecule has 2 heterocycles. The predicted molar refractivity (Wildman–Crippen MR) is 110 cm³/mol. The maximum atomic E-state index is 12.7. The highest BCUT2D eigenvalue weighted by Gasteiger charge is 2.57. The summed E-state index contributed by atoms with van der Waals surface area (Å²) in [6.07, 6.45) is 1.07. The zero-order chi connectivity index (χ0) is 20.3. The molecule has 0 unspecified atom stereocenters. The summed E-state index contributed by atoms with van der Waals surface area (Å²) in [7, 11) is 0. The molecule has 2 aliphatic rings. The highest BCUT2D eigenvalue weighted by atomic mass is 32.2. The van der Waals surface area contributed by atoms with Crippen LogP contribution in [0, 0.1) is 0 Å². The molecule has 29 heavy (non-hydrogen) atoms. The zero-order valence-corrected chi connectivity index (χ0v) is 16.7. The van der Waals surface area contributed by atoms with Gasteiger partial charge in [0.2, 0.25) is 5.91 Å². The van der Waals surface area contributed by atoms with Crippen LogP contribution in [0.5, 0.6) is 0 Å². The van der Waals surface area contributed by atoms with Gasteiger partial charge >= 0.3 is 5.97 Å². The number of carbonyl (C=O) groups is 3. The van der Waals surface area contributed by atoms with Crippen molar-refractivity contribution in [3.63, 3.8) is 0 Å². The van der Waals surface area contributed by atoms with Crippen LogP contribution in [0.4, 0.5) is 0 Å². The van der Waals surface area contributed by atoms with Crippen molar-refractivity contribution >= 4 is 29.5 Å². The monoisotopic (exact) mass is 410 g/mol. The summed E-state index contributed by atoms with van der Waals surface area (Å²) in [5.74, 6) is -0.477. The molecule has 1 N–H and O–H groups in total. The van der Waals surface area contributed by atoms with Gasteiger partial charge in [-0.15, -0.1) is 11.8 Å². The molecule has 0 spiro atoms. The van der Waals surface area contributed by atoms with Gasteiger partial charge in [0.05, 0.1) is 0 Å². The van der Waals surface area contributed by atoms with Crippen LogP contribution in [0.3, 0.4) is 0 Å². The van der Waals surface area contributed by atoms with Crippen molar-refractivity contribution in [1.82, 2.24) is 10.2 Å².